The van der Waals surface area contributed by atoms with Crippen molar-refractivity contribution in [3.8, 4) is 0 Å². The lowest BCUT2D eigenvalue weighted by molar-refractivity contribution is -0.142. The molecule has 1 unspecified atom stereocenters. The van der Waals surface area contributed by atoms with Crippen molar-refractivity contribution in [1.29, 1.82) is 0 Å². The number of carbonyl (C=O) groups excluding carboxylic acids is 1. The zero-order valence-electron chi connectivity index (χ0n) is 15.5. The van der Waals surface area contributed by atoms with Crippen LogP contribution in [0.5, 0.6) is 0 Å². The standard InChI is InChI=1S/C19H23N3O4S/c1-13-11-17(23)20-16-6-5-14(12-15(13)16)27(25,26)22-10-4-8-19(22)7-3-9-21(2)18(19)24/h5-6,11-12H,3-4,7-10H2,1-2H3,(H,20,23). The van der Waals surface area contributed by atoms with Crippen LogP contribution in [0, 0.1) is 6.92 Å². The van der Waals surface area contributed by atoms with Crippen LogP contribution in [0.1, 0.15) is 31.2 Å². The molecule has 8 heteroatoms. The Morgan fingerprint density at radius 3 is 2.52 bits per heavy atom. The molecule has 2 fully saturated rings. The van der Waals surface area contributed by atoms with Crippen molar-refractivity contribution < 1.29 is 13.2 Å². The highest BCUT2D eigenvalue weighted by Crippen LogP contribution is 2.41. The molecular weight excluding hydrogens is 366 g/mol. The van der Waals surface area contributed by atoms with Crippen molar-refractivity contribution in [3.63, 3.8) is 0 Å². The molecule has 1 amide bonds. The topological polar surface area (TPSA) is 90.5 Å². The number of hydrogen-bond acceptors (Lipinski definition) is 4. The van der Waals surface area contributed by atoms with Crippen LogP contribution in [-0.2, 0) is 14.8 Å². The Morgan fingerprint density at radius 2 is 1.78 bits per heavy atom. The zero-order chi connectivity index (χ0) is 19.4. The zero-order valence-corrected chi connectivity index (χ0v) is 16.3. The summed E-state index contributed by atoms with van der Waals surface area (Å²) in [6.07, 6.45) is 2.61. The van der Waals surface area contributed by atoms with E-state index in [2.05, 4.69) is 4.98 Å². The van der Waals surface area contributed by atoms with Crippen molar-refractivity contribution in [1.82, 2.24) is 14.2 Å². The van der Waals surface area contributed by atoms with Crippen LogP contribution in [0.25, 0.3) is 10.9 Å². The summed E-state index contributed by atoms with van der Waals surface area (Å²) in [6.45, 7) is 2.80. The van der Waals surface area contributed by atoms with Crippen LogP contribution in [0.4, 0.5) is 0 Å². The van der Waals surface area contributed by atoms with Gasteiger partial charge in [-0.25, -0.2) is 8.42 Å². The van der Waals surface area contributed by atoms with Crippen molar-refractivity contribution in [3.05, 3.63) is 40.2 Å². The number of aromatic amines is 1. The average Bonchev–Trinajstić information content (AvgIpc) is 3.04. The number of carbonyl (C=O) groups is 1. The van der Waals surface area contributed by atoms with Crippen molar-refractivity contribution >= 4 is 26.8 Å². The number of sulfonamides is 1. The van der Waals surface area contributed by atoms with Gasteiger partial charge in [0, 0.05) is 37.1 Å². The van der Waals surface area contributed by atoms with E-state index in [0.29, 0.717) is 43.3 Å². The Kier molecular flexibility index (Phi) is 4.16. The molecule has 1 spiro atoms. The molecule has 1 N–H and O–H groups in total. The number of amides is 1. The first kappa shape index (κ1) is 18.2. The number of fused-ring (bicyclic) bond motifs is 1. The third-order valence-electron chi connectivity index (χ3n) is 5.87. The minimum Gasteiger partial charge on any atom is -0.344 e. The maximum Gasteiger partial charge on any atom is 0.248 e. The fraction of sp³-hybridized carbons (Fsp3) is 0.474. The second kappa shape index (κ2) is 6.17. The molecule has 7 nitrogen and oxygen atoms in total. The van der Waals surface area contributed by atoms with Gasteiger partial charge in [-0.2, -0.15) is 4.31 Å². The lowest BCUT2D eigenvalue weighted by Crippen LogP contribution is -2.60. The van der Waals surface area contributed by atoms with Gasteiger partial charge < -0.3 is 9.88 Å². The molecule has 2 aliphatic rings. The quantitative estimate of drug-likeness (QED) is 0.845. The average molecular weight is 389 g/mol. The van der Waals surface area contributed by atoms with Gasteiger partial charge in [0.05, 0.1) is 4.90 Å². The lowest BCUT2D eigenvalue weighted by Gasteiger charge is -2.42. The van der Waals surface area contributed by atoms with Gasteiger partial charge in [-0.1, -0.05) is 0 Å². The lowest BCUT2D eigenvalue weighted by atomic mass is 9.87. The summed E-state index contributed by atoms with van der Waals surface area (Å²) in [4.78, 5) is 29.1. The van der Waals surface area contributed by atoms with Crippen molar-refractivity contribution in [2.45, 2.75) is 43.0 Å². The van der Waals surface area contributed by atoms with E-state index >= 15 is 0 Å². The predicted octanol–water partition coefficient (Wildman–Crippen LogP) is 1.61. The highest BCUT2D eigenvalue weighted by atomic mass is 32.2. The third-order valence-corrected chi connectivity index (χ3v) is 7.83. The first-order valence-electron chi connectivity index (χ1n) is 9.18. The number of benzene rings is 1. The van der Waals surface area contributed by atoms with E-state index in [0.717, 1.165) is 12.0 Å². The monoisotopic (exact) mass is 389 g/mol. The van der Waals surface area contributed by atoms with Gasteiger partial charge in [0.25, 0.3) is 0 Å². The summed E-state index contributed by atoms with van der Waals surface area (Å²) in [5.74, 6) is -0.101. The van der Waals surface area contributed by atoms with E-state index in [9.17, 15) is 18.0 Å². The van der Waals surface area contributed by atoms with E-state index < -0.39 is 15.6 Å². The normalized spacial score (nSPS) is 24.2. The molecule has 144 valence electrons. The van der Waals surface area contributed by atoms with E-state index in [1.807, 2.05) is 0 Å². The van der Waals surface area contributed by atoms with Gasteiger partial charge in [0.1, 0.15) is 5.54 Å². The van der Waals surface area contributed by atoms with Crippen molar-refractivity contribution in [2.75, 3.05) is 20.1 Å². The number of aryl methyl sites for hydroxylation is 1. The number of hydrogen-bond donors (Lipinski definition) is 1. The predicted molar refractivity (Wildman–Crippen MR) is 102 cm³/mol. The van der Waals surface area contributed by atoms with Crippen LogP contribution < -0.4 is 5.56 Å². The van der Waals surface area contributed by atoms with E-state index in [4.69, 9.17) is 0 Å². The number of piperidine rings is 1. The van der Waals surface area contributed by atoms with Crippen molar-refractivity contribution in [2.24, 2.45) is 0 Å². The molecule has 0 aliphatic carbocycles. The number of nitrogens with zero attached hydrogens (tertiary/aromatic N) is 2. The third kappa shape index (κ3) is 2.70. The Bertz CT molecular complexity index is 1090. The molecular formula is C19H23N3O4S. The maximum absolute atomic E-state index is 13.5. The van der Waals surface area contributed by atoms with Crippen LogP contribution >= 0.6 is 0 Å². The summed E-state index contributed by atoms with van der Waals surface area (Å²) >= 11 is 0. The summed E-state index contributed by atoms with van der Waals surface area (Å²) in [6, 6.07) is 6.18. The van der Waals surface area contributed by atoms with Gasteiger partial charge in [0.2, 0.25) is 21.5 Å². The minimum atomic E-state index is -3.83. The van der Waals surface area contributed by atoms with Gasteiger partial charge in [-0.15, -0.1) is 0 Å². The molecule has 2 aromatic rings. The van der Waals surface area contributed by atoms with E-state index in [1.165, 1.54) is 16.4 Å². The summed E-state index contributed by atoms with van der Waals surface area (Å²) in [5, 5.41) is 0.691. The molecule has 2 aliphatic heterocycles. The first-order valence-corrected chi connectivity index (χ1v) is 10.6. The molecule has 1 aromatic heterocycles. The largest absolute Gasteiger partial charge is 0.344 e. The number of likely N-dealkylation sites (N-methyl/N-ethyl adjacent to an activating group) is 1. The van der Waals surface area contributed by atoms with E-state index in [1.54, 1.807) is 31.0 Å². The highest BCUT2D eigenvalue weighted by molar-refractivity contribution is 7.89. The molecule has 27 heavy (non-hydrogen) atoms. The number of pyridine rings is 1. The fourth-order valence-electron chi connectivity index (χ4n) is 4.53. The molecule has 3 heterocycles. The smallest absolute Gasteiger partial charge is 0.248 e. The summed E-state index contributed by atoms with van der Waals surface area (Å²) < 4.78 is 28.3. The van der Waals surface area contributed by atoms with Crippen LogP contribution in [0.3, 0.4) is 0 Å². The first-order chi connectivity index (χ1) is 12.8. The summed E-state index contributed by atoms with van der Waals surface area (Å²) in [5.41, 5.74) is 0.143. The van der Waals surface area contributed by atoms with E-state index in [-0.39, 0.29) is 16.4 Å². The van der Waals surface area contributed by atoms with Crippen LogP contribution in [-0.4, -0.2) is 54.2 Å². The molecule has 1 atom stereocenters. The molecule has 1 aromatic carbocycles. The Balaban J connectivity index is 1.82. The molecule has 0 saturated carbocycles. The molecule has 0 radical (unpaired) electrons. The second-order valence-corrected chi connectivity index (χ2v) is 9.43. The number of H-pyrrole nitrogens is 1. The fourth-order valence-corrected chi connectivity index (χ4v) is 6.38. The molecule has 0 bridgehead atoms. The number of aromatic nitrogens is 1. The van der Waals surface area contributed by atoms with Gasteiger partial charge >= 0.3 is 0 Å². The minimum absolute atomic E-state index is 0.101. The van der Waals surface area contributed by atoms with Gasteiger partial charge in [-0.3, -0.25) is 9.59 Å². The van der Waals surface area contributed by atoms with Gasteiger partial charge in [-0.05, 0) is 56.4 Å². The van der Waals surface area contributed by atoms with Crippen LogP contribution in [0.2, 0.25) is 0 Å². The van der Waals surface area contributed by atoms with Gasteiger partial charge in [0.15, 0.2) is 0 Å². The Morgan fingerprint density at radius 1 is 1.07 bits per heavy atom. The number of nitrogens with one attached hydrogen (secondary N) is 1. The number of rotatable bonds is 2. The second-order valence-electron chi connectivity index (χ2n) is 7.57. The Hall–Kier alpha value is -2.19. The van der Waals surface area contributed by atoms with Crippen LogP contribution in [0.15, 0.2) is 34.0 Å². The molecule has 2 saturated heterocycles. The SMILES string of the molecule is Cc1cc(=O)[nH]c2ccc(S(=O)(=O)N3CCCC34CCCN(C)C4=O)cc12. The summed E-state index contributed by atoms with van der Waals surface area (Å²) in [7, 11) is -2.09. The maximum atomic E-state index is 13.5. The number of likely N-dealkylation sites (tertiary alicyclic amines) is 1. The molecule has 4 rings (SSSR count). The Labute approximate surface area is 158 Å². The highest BCUT2D eigenvalue weighted by Gasteiger charge is 2.54.